The molecule has 2 N–H and O–H groups in total. The van der Waals surface area contributed by atoms with E-state index in [1.54, 1.807) is 6.20 Å². The zero-order valence-electron chi connectivity index (χ0n) is 20.1. The molecule has 3 atom stereocenters. The van der Waals surface area contributed by atoms with E-state index in [4.69, 9.17) is 9.57 Å². The summed E-state index contributed by atoms with van der Waals surface area (Å²) in [5.74, 6) is -0.821. The minimum atomic E-state index is -0.852. The number of pyridine rings is 1. The number of para-hydroxylation sites is 1. The Labute approximate surface area is 225 Å². The van der Waals surface area contributed by atoms with Crippen molar-refractivity contribution in [2.75, 3.05) is 13.1 Å². The summed E-state index contributed by atoms with van der Waals surface area (Å²) in [5, 5.41) is 10.4. The first-order chi connectivity index (χ1) is 18.5. The summed E-state index contributed by atoms with van der Waals surface area (Å²) in [7, 11) is 0. The van der Waals surface area contributed by atoms with Crippen LogP contribution in [0.25, 0.3) is 10.9 Å². The van der Waals surface area contributed by atoms with E-state index in [1.165, 1.54) is 23.5 Å². The summed E-state index contributed by atoms with van der Waals surface area (Å²) in [6.07, 6.45) is 5.64. The van der Waals surface area contributed by atoms with Gasteiger partial charge in [0.1, 0.15) is 23.0 Å². The van der Waals surface area contributed by atoms with E-state index >= 15 is 0 Å². The Bertz CT molecular complexity index is 1370. The quantitative estimate of drug-likeness (QED) is 0.431. The number of carbonyl (C=O) groups excluding carboxylic acids is 3. The molecule has 5 rings (SSSR count). The molecule has 0 radical (unpaired) electrons. The maximum Gasteiger partial charge on any atom is 0.410 e. The lowest BCUT2D eigenvalue weighted by Crippen LogP contribution is -2.47. The third-order valence-electron chi connectivity index (χ3n) is 6.18. The molecule has 196 valence electrons. The summed E-state index contributed by atoms with van der Waals surface area (Å²) in [6, 6.07) is 8.19. The van der Waals surface area contributed by atoms with Crippen molar-refractivity contribution in [3.05, 3.63) is 66.4 Å². The number of nitrogens with zero attached hydrogens (tertiary/aromatic N) is 5. The second-order valence-corrected chi connectivity index (χ2v) is 9.82. The first kappa shape index (κ1) is 25.5. The van der Waals surface area contributed by atoms with Gasteiger partial charge in [0.05, 0.1) is 18.3 Å². The van der Waals surface area contributed by atoms with Crippen LogP contribution in [0.3, 0.4) is 0 Å². The maximum absolute atomic E-state index is 13.1. The van der Waals surface area contributed by atoms with E-state index in [0.29, 0.717) is 16.6 Å². The van der Waals surface area contributed by atoms with Crippen molar-refractivity contribution >= 4 is 49.4 Å². The molecule has 2 unspecified atom stereocenters. The number of rotatable bonds is 7. The van der Waals surface area contributed by atoms with Crippen molar-refractivity contribution < 1.29 is 24.0 Å². The second kappa shape index (κ2) is 11.5. The van der Waals surface area contributed by atoms with E-state index in [1.807, 2.05) is 30.3 Å². The lowest BCUT2D eigenvalue weighted by molar-refractivity contribution is -0.125. The summed E-state index contributed by atoms with van der Waals surface area (Å²) in [6.45, 7) is 0.295. The lowest BCUT2D eigenvalue weighted by Gasteiger charge is -2.23. The molecule has 1 fully saturated rings. The number of carbonyl (C=O) groups is 3. The molecule has 3 aromatic rings. The first-order valence-corrected chi connectivity index (χ1v) is 12.8. The molecular weight excluding hydrogens is 558 g/mol. The highest BCUT2D eigenvalue weighted by Crippen LogP contribution is 2.22. The highest BCUT2D eigenvalue weighted by molar-refractivity contribution is 9.18. The smallest absolute Gasteiger partial charge is 0.410 e. The number of fused-ring (bicyclic) bond motifs is 1. The Balaban J connectivity index is 1.24. The third-order valence-corrected chi connectivity index (χ3v) is 6.65. The van der Waals surface area contributed by atoms with Crippen LogP contribution < -0.4 is 10.6 Å². The number of aromatic nitrogens is 3. The second-order valence-electron chi connectivity index (χ2n) is 8.90. The van der Waals surface area contributed by atoms with Crippen LogP contribution in [0.15, 0.2) is 60.3 Å². The molecule has 2 aliphatic rings. The number of hydrogen-bond donors (Lipinski definition) is 2. The molecule has 4 heterocycles. The fraction of sp³-hybridized carbons (Fsp3) is 0.320. The number of nitrogens with one attached hydrogen (secondary N) is 2. The third kappa shape index (κ3) is 6.05. The van der Waals surface area contributed by atoms with E-state index in [-0.39, 0.29) is 43.8 Å². The van der Waals surface area contributed by atoms with Gasteiger partial charge < -0.3 is 20.2 Å². The van der Waals surface area contributed by atoms with Crippen LogP contribution in [0, 0.1) is 0 Å². The summed E-state index contributed by atoms with van der Waals surface area (Å²) in [5.41, 5.74) is 1.69. The zero-order chi connectivity index (χ0) is 26.5. The molecular formula is C25H24BrN7O5. The van der Waals surface area contributed by atoms with Crippen LogP contribution in [0.4, 0.5) is 4.79 Å². The molecule has 0 aliphatic carbocycles. The number of benzene rings is 1. The normalized spacial score (nSPS) is 20.5. The molecule has 1 saturated heterocycles. The summed E-state index contributed by atoms with van der Waals surface area (Å²) >= 11 is 3.27. The van der Waals surface area contributed by atoms with E-state index in [9.17, 15) is 14.4 Å². The SMILES string of the molecule is O=C(NC1CC(C(=O)NC[C@@H]2CC(Br)=NO2)N(C(=O)OCc2cnc3ccccc3c2)C1)c1cnccn1. The van der Waals surface area contributed by atoms with Gasteiger partial charge in [0.2, 0.25) is 5.91 Å². The van der Waals surface area contributed by atoms with Crippen LogP contribution in [0.5, 0.6) is 0 Å². The van der Waals surface area contributed by atoms with Crippen molar-refractivity contribution in [1.82, 2.24) is 30.5 Å². The molecule has 1 aromatic carbocycles. The van der Waals surface area contributed by atoms with Crippen LogP contribution in [0.2, 0.25) is 0 Å². The predicted octanol–water partition coefficient (Wildman–Crippen LogP) is 2.15. The number of hydrogen-bond acceptors (Lipinski definition) is 9. The van der Waals surface area contributed by atoms with Gasteiger partial charge in [-0.2, -0.15) is 0 Å². The lowest BCUT2D eigenvalue weighted by atomic mass is 10.1. The Morgan fingerprint density at radius 3 is 2.82 bits per heavy atom. The van der Waals surface area contributed by atoms with Gasteiger partial charge in [0.15, 0.2) is 6.10 Å². The monoisotopic (exact) mass is 581 g/mol. The zero-order valence-corrected chi connectivity index (χ0v) is 21.7. The van der Waals surface area contributed by atoms with E-state index in [2.05, 4.69) is 46.7 Å². The van der Waals surface area contributed by atoms with Gasteiger partial charge in [-0.05, 0) is 34.5 Å². The number of likely N-dealkylation sites (tertiary alicyclic amines) is 1. The minimum absolute atomic E-state index is 0.0145. The molecule has 3 amide bonds. The Kier molecular flexibility index (Phi) is 7.73. The number of halogens is 1. The molecule has 0 spiro atoms. The average molecular weight is 582 g/mol. The fourth-order valence-electron chi connectivity index (χ4n) is 4.33. The Hall–Kier alpha value is -4.13. The van der Waals surface area contributed by atoms with Gasteiger partial charge in [0.25, 0.3) is 5.91 Å². The first-order valence-electron chi connectivity index (χ1n) is 12.0. The molecule has 2 aliphatic heterocycles. The van der Waals surface area contributed by atoms with Crippen LogP contribution >= 0.6 is 15.9 Å². The number of ether oxygens (including phenoxy) is 1. The van der Waals surface area contributed by atoms with Gasteiger partial charge in [-0.1, -0.05) is 23.4 Å². The van der Waals surface area contributed by atoms with E-state index < -0.39 is 24.1 Å². The summed E-state index contributed by atoms with van der Waals surface area (Å²) in [4.78, 5) is 57.7. The highest BCUT2D eigenvalue weighted by Gasteiger charge is 2.41. The van der Waals surface area contributed by atoms with Gasteiger partial charge in [-0.25, -0.2) is 9.78 Å². The minimum Gasteiger partial charge on any atom is -0.444 e. The highest BCUT2D eigenvalue weighted by atomic mass is 79.9. The van der Waals surface area contributed by atoms with Crippen molar-refractivity contribution in [2.45, 2.75) is 37.6 Å². The molecule has 2 aromatic heterocycles. The molecule has 0 bridgehead atoms. The van der Waals surface area contributed by atoms with Crippen LogP contribution in [-0.2, 0) is 21.0 Å². The van der Waals surface area contributed by atoms with Crippen LogP contribution in [0.1, 0.15) is 28.9 Å². The van der Waals surface area contributed by atoms with Gasteiger partial charge in [-0.3, -0.25) is 24.5 Å². The molecule has 38 heavy (non-hydrogen) atoms. The van der Waals surface area contributed by atoms with Crippen LogP contribution in [-0.4, -0.2) is 73.7 Å². The fourth-order valence-corrected chi connectivity index (χ4v) is 4.77. The van der Waals surface area contributed by atoms with Gasteiger partial charge >= 0.3 is 6.09 Å². The number of amides is 3. The Morgan fingerprint density at radius 1 is 1.16 bits per heavy atom. The van der Waals surface area contributed by atoms with Crippen molar-refractivity contribution in [2.24, 2.45) is 5.16 Å². The van der Waals surface area contributed by atoms with Gasteiger partial charge in [0, 0.05) is 48.5 Å². The predicted molar refractivity (Wildman–Crippen MR) is 139 cm³/mol. The van der Waals surface area contributed by atoms with Crippen molar-refractivity contribution in [1.29, 1.82) is 0 Å². The molecule has 0 saturated carbocycles. The molecule has 12 nitrogen and oxygen atoms in total. The van der Waals surface area contributed by atoms with Gasteiger partial charge in [-0.15, -0.1) is 0 Å². The van der Waals surface area contributed by atoms with E-state index in [0.717, 1.165) is 10.9 Å². The largest absolute Gasteiger partial charge is 0.444 e. The van der Waals surface area contributed by atoms with Crippen molar-refractivity contribution in [3.63, 3.8) is 0 Å². The number of oxime groups is 1. The molecule has 13 heteroatoms. The summed E-state index contributed by atoms with van der Waals surface area (Å²) < 4.78 is 6.22. The topological polar surface area (TPSA) is 148 Å². The Morgan fingerprint density at radius 2 is 2.03 bits per heavy atom. The standard InChI is InChI=1S/C25H24BrN7O5/c26-22-9-18(38-32-22)11-30-24(35)21-8-17(31-23(34)20-12-27-5-6-28-20)13-33(21)25(36)37-14-15-7-16-3-1-2-4-19(16)29-10-15/h1-7,10,12,17-18,21H,8-9,11,13-14H2,(H,30,35)(H,31,34)/t17?,18-,21?/m0/s1. The van der Waals surface area contributed by atoms with Crippen molar-refractivity contribution in [3.8, 4) is 0 Å². The average Bonchev–Trinajstić information content (AvgIpc) is 3.56. The maximum atomic E-state index is 13.1.